The predicted molar refractivity (Wildman–Crippen MR) is 73.6 cm³/mol. The zero-order chi connectivity index (χ0) is 13.8. The number of hydrogen-bond acceptors (Lipinski definition) is 4. The lowest BCUT2D eigenvalue weighted by atomic mass is 9.98. The molecule has 18 heavy (non-hydrogen) atoms. The minimum Gasteiger partial charge on any atom is -0.377 e. The SMILES string of the molecule is CCC(C)CCC1OC1(C)C[Si](OC)(OC)OC. The van der Waals surface area contributed by atoms with Gasteiger partial charge in [0.1, 0.15) is 0 Å². The third kappa shape index (κ3) is 3.77. The third-order valence-electron chi connectivity index (χ3n) is 4.15. The Hall–Kier alpha value is 0.0569. The zero-order valence-corrected chi connectivity index (χ0v) is 13.6. The predicted octanol–water partition coefficient (Wildman–Crippen LogP) is 2.85. The van der Waals surface area contributed by atoms with Crippen molar-refractivity contribution in [3.63, 3.8) is 0 Å². The van der Waals surface area contributed by atoms with Gasteiger partial charge in [-0.1, -0.05) is 20.3 Å². The summed E-state index contributed by atoms with van der Waals surface area (Å²) in [4.78, 5) is 0. The Morgan fingerprint density at radius 1 is 1.22 bits per heavy atom. The van der Waals surface area contributed by atoms with Crippen molar-refractivity contribution in [1.82, 2.24) is 0 Å². The summed E-state index contributed by atoms with van der Waals surface area (Å²) in [5, 5.41) is 0. The van der Waals surface area contributed by atoms with Gasteiger partial charge in [-0.3, -0.25) is 0 Å². The van der Waals surface area contributed by atoms with Gasteiger partial charge in [-0.25, -0.2) is 0 Å². The van der Waals surface area contributed by atoms with Gasteiger partial charge >= 0.3 is 8.80 Å². The molecule has 0 bridgehead atoms. The number of epoxide rings is 1. The van der Waals surface area contributed by atoms with E-state index in [4.69, 9.17) is 18.0 Å². The van der Waals surface area contributed by atoms with Gasteiger partial charge < -0.3 is 18.0 Å². The molecule has 3 atom stereocenters. The zero-order valence-electron chi connectivity index (χ0n) is 12.6. The Labute approximate surface area is 112 Å². The highest BCUT2D eigenvalue weighted by Gasteiger charge is 2.59. The van der Waals surface area contributed by atoms with E-state index in [2.05, 4.69) is 20.8 Å². The largest absolute Gasteiger partial charge is 0.503 e. The summed E-state index contributed by atoms with van der Waals surface area (Å²) < 4.78 is 22.2. The first-order valence-electron chi connectivity index (χ1n) is 6.78. The molecule has 0 radical (unpaired) electrons. The molecular formula is C13H28O4Si. The van der Waals surface area contributed by atoms with Gasteiger partial charge in [-0.15, -0.1) is 0 Å². The van der Waals surface area contributed by atoms with Crippen LogP contribution in [-0.4, -0.2) is 41.8 Å². The maximum atomic E-state index is 5.86. The van der Waals surface area contributed by atoms with Crippen LogP contribution < -0.4 is 0 Å². The van der Waals surface area contributed by atoms with Crippen LogP contribution in [-0.2, 0) is 18.0 Å². The van der Waals surface area contributed by atoms with E-state index in [1.54, 1.807) is 21.3 Å². The normalized spacial score (nSPS) is 29.3. The van der Waals surface area contributed by atoms with Crippen LogP contribution in [0.2, 0.25) is 6.04 Å². The average Bonchev–Trinajstić information content (AvgIpc) is 3.04. The maximum absolute atomic E-state index is 5.86. The fourth-order valence-electron chi connectivity index (χ4n) is 2.35. The smallest absolute Gasteiger partial charge is 0.377 e. The molecule has 0 aromatic heterocycles. The second-order valence-electron chi connectivity index (χ2n) is 5.48. The highest BCUT2D eigenvalue weighted by molar-refractivity contribution is 6.61. The van der Waals surface area contributed by atoms with Gasteiger partial charge in [-0.05, 0) is 25.7 Å². The van der Waals surface area contributed by atoms with Crippen molar-refractivity contribution < 1.29 is 18.0 Å². The monoisotopic (exact) mass is 276 g/mol. The van der Waals surface area contributed by atoms with E-state index in [0.29, 0.717) is 6.10 Å². The summed E-state index contributed by atoms with van der Waals surface area (Å²) in [5.41, 5.74) is -0.123. The van der Waals surface area contributed by atoms with E-state index in [1.807, 2.05) is 0 Å². The van der Waals surface area contributed by atoms with Crippen LogP contribution in [0.3, 0.4) is 0 Å². The highest BCUT2D eigenvalue weighted by atomic mass is 28.4. The second kappa shape index (κ2) is 6.48. The number of rotatable bonds is 9. The molecule has 0 spiro atoms. The first-order chi connectivity index (χ1) is 8.45. The first kappa shape index (κ1) is 16.1. The van der Waals surface area contributed by atoms with Crippen molar-refractivity contribution in [1.29, 1.82) is 0 Å². The van der Waals surface area contributed by atoms with Gasteiger partial charge in [0, 0.05) is 27.4 Å². The van der Waals surface area contributed by atoms with Gasteiger partial charge in [0.2, 0.25) is 0 Å². The molecule has 1 aliphatic rings. The third-order valence-corrected chi connectivity index (χ3v) is 7.16. The van der Waals surface area contributed by atoms with E-state index < -0.39 is 8.80 Å². The van der Waals surface area contributed by atoms with Crippen LogP contribution in [0.25, 0.3) is 0 Å². The molecule has 0 aromatic rings. The van der Waals surface area contributed by atoms with Gasteiger partial charge in [0.25, 0.3) is 0 Å². The summed E-state index contributed by atoms with van der Waals surface area (Å²) in [5.74, 6) is 0.771. The van der Waals surface area contributed by atoms with Crippen molar-refractivity contribution in [2.24, 2.45) is 5.92 Å². The van der Waals surface area contributed by atoms with Crippen molar-refractivity contribution in [2.45, 2.75) is 57.8 Å². The Morgan fingerprint density at radius 3 is 2.22 bits per heavy atom. The van der Waals surface area contributed by atoms with Gasteiger partial charge in [0.15, 0.2) is 0 Å². The lowest BCUT2D eigenvalue weighted by Gasteiger charge is -2.26. The van der Waals surface area contributed by atoms with Crippen LogP contribution in [0.4, 0.5) is 0 Å². The molecular weight excluding hydrogens is 248 g/mol. The first-order valence-corrected chi connectivity index (χ1v) is 8.71. The van der Waals surface area contributed by atoms with Crippen LogP contribution in [0.15, 0.2) is 0 Å². The van der Waals surface area contributed by atoms with Crippen molar-refractivity contribution in [3.8, 4) is 0 Å². The fraction of sp³-hybridized carbons (Fsp3) is 1.00. The summed E-state index contributed by atoms with van der Waals surface area (Å²) >= 11 is 0. The van der Waals surface area contributed by atoms with Crippen molar-refractivity contribution >= 4 is 8.80 Å². The molecule has 1 rings (SSSR count). The Balaban J connectivity index is 2.44. The highest BCUT2D eigenvalue weighted by Crippen LogP contribution is 2.46. The Bertz CT molecular complexity index is 249. The molecule has 1 aliphatic heterocycles. The molecule has 4 nitrogen and oxygen atoms in total. The van der Waals surface area contributed by atoms with E-state index >= 15 is 0 Å². The topological polar surface area (TPSA) is 40.2 Å². The molecule has 1 heterocycles. The van der Waals surface area contributed by atoms with E-state index in [-0.39, 0.29) is 5.60 Å². The molecule has 0 N–H and O–H groups in total. The lowest BCUT2D eigenvalue weighted by Crippen LogP contribution is -2.46. The van der Waals surface area contributed by atoms with E-state index in [9.17, 15) is 0 Å². The summed E-state index contributed by atoms with van der Waals surface area (Å²) in [6.07, 6.45) is 3.90. The van der Waals surface area contributed by atoms with Crippen LogP contribution in [0.5, 0.6) is 0 Å². The minimum atomic E-state index is -2.52. The van der Waals surface area contributed by atoms with Gasteiger partial charge in [-0.2, -0.15) is 0 Å². The number of hydrogen-bond donors (Lipinski definition) is 0. The lowest BCUT2D eigenvalue weighted by molar-refractivity contribution is 0.115. The molecule has 0 amide bonds. The summed E-state index contributed by atoms with van der Waals surface area (Å²) in [6.45, 7) is 6.65. The molecule has 3 unspecified atom stereocenters. The van der Waals surface area contributed by atoms with Crippen molar-refractivity contribution in [3.05, 3.63) is 0 Å². The summed E-state index contributed by atoms with van der Waals surface area (Å²) in [6, 6.07) is 0.731. The number of ether oxygens (including phenoxy) is 1. The standard InChI is InChI=1S/C13H28O4Si/c1-7-11(2)8-9-12-13(3,17-12)10-18(14-4,15-5)16-6/h11-12H,7-10H2,1-6H3. The fourth-order valence-corrected chi connectivity index (χ4v) is 4.45. The average molecular weight is 276 g/mol. The van der Waals surface area contributed by atoms with Crippen molar-refractivity contribution in [2.75, 3.05) is 21.3 Å². The van der Waals surface area contributed by atoms with Crippen LogP contribution in [0.1, 0.15) is 40.0 Å². The molecule has 0 aliphatic carbocycles. The quantitative estimate of drug-likeness (QED) is 0.479. The van der Waals surface area contributed by atoms with E-state index in [0.717, 1.165) is 18.4 Å². The van der Waals surface area contributed by atoms with Crippen LogP contribution >= 0.6 is 0 Å². The van der Waals surface area contributed by atoms with Crippen LogP contribution in [0, 0.1) is 5.92 Å². The van der Waals surface area contributed by atoms with Gasteiger partial charge in [0.05, 0.1) is 11.7 Å². The van der Waals surface area contributed by atoms with E-state index in [1.165, 1.54) is 12.8 Å². The molecule has 1 saturated heterocycles. The Morgan fingerprint density at radius 2 is 1.78 bits per heavy atom. The maximum Gasteiger partial charge on any atom is 0.503 e. The Kier molecular flexibility index (Phi) is 5.80. The molecule has 0 aromatic carbocycles. The second-order valence-corrected chi connectivity index (χ2v) is 8.43. The summed E-state index contributed by atoms with van der Waals surface area (Å²) in [7, 11) is 2.43. The molecule has 1 fully saturated rings. The minimum absolute atomic E-state index is 0.123. The molecule has 5 heteroatoms. The molecule has 0 saturated carbocycles. The molecule has 108 valence electrons.